The van der Waals surface area contributed by atoms with Crippen LogP contribution in [0.3, 0.4) is 0 Å². The van der Waals surface area contributed by atoms with Gasteiger partial charge >= 0.3 is 11.8 Å². The lowest BCUT2D eigenvalue weighted by atomic mass is 9.94. The van der Waals surface area contributed by atoms with Crippen molar-refractivity contribution in [1.82, 2.24) is 19.0 Å². The molecule has 1 saturated heterocycles. The summed E-state index contributed by atoms with van der Waals surface area (Å²) in [5.74, 6) is 0.551. The highest BCUT2D eigenvalue weighted by Gasteiger charge is 2.34. The molecule has 2 aliphatic rings. The molecule has 0 spiro atoms. The van der Waals surface area contributed by atoms with E-state index in [-0.39, 0.29) is 17.8 Å². The summed E-state index contributed by atoms with van der Waals surface area (Å²) in [6.45, 7) is 7.30. The number of likely N-dealkylation sites (tertiary alicyclic amines) is 1. The summed E-state index contributed by atoms with van der Waals surface area (Å²) < 4.78 is 9.27. The molecular weight excluding hydrogens is 391 g/mol. The minimum absolute atomic E-state index is 0.0327. The summed E-state index contributed by atoms with van der Waals surface area (Å²) in [5, 5.41) is 0.875. The highest BCUT2D eigenvalue weighted by molar-refractivity contribution is 6.33. The quantitative estimate of drug-likeness (QED) is 0.614. The van der Waals surface area contributed by atoms with Gasteiger partial charge in [-0.15, -0.1) is 0 Å². The van der Waals surface area contributed by atoms with Crippen LogP contribution in [0, 0.1) is 5.92 Å². The first-order chi connectivity index (χ1) is 14.7. The van der Waals surface area contributed by atoms with Gasteiger partial charge in [0.15, 0.2) is 0 Å². The van der Waals surface area contributed by atoms with Crippen molar-refractivity contribution in [3.8, 4) is 0 Å². The largest absolute Gasteiger partial charge is 0.444 e. The first kappa shape index (κ1) is 20.2. The number of pyridine rings is 1. The molecule has 3 heterocycles. The molecule has 2 radical (unpaired) electrons. The van der Waals surface area contributed by atoms with Gasteiger partial charge in [0.25, 0.3) is 0 Å². The van der Waals surface area contributed by atoms with E-state index in [0.717, 1.165) is 34.8 Å². The molecule has 1 atom stereocenters. The highest BCUT2D eigenvalue weighted by atomic mass is 16.6. The monoisotopic (exact) mass is 418 g/mol. The minimum Gasteiger partial charge on any atom is -0.444 e. The van der Waals surface area contributed by atoms with Gasteiger partial charge < -0.3 is 9.64 Å². The topological polar surface area (TPSA) is 69.4 Å². The van der Waals surface area contributed by atoms with Gasteiger partial charge in [0.2, 0.25) is 0 Å². The summed E-state index contributed by atoms with van der Waals surface area (Å²) in [6.07, 6.45) is 4.48. The maximum absolute atomic E-state index is 13.6. The fourth-order valence-corrected chi connectivity index (χ4v) is 4.48. The Labute approximate surface area is 182 Å². The van der Waals surface area contributed by atoms with Gasteiger partial charge in [0.1, 0.15) is 13.4 Å². The standard InChI is InChI=1S/C23H27BN4O3/c1-23(2,3)31-22(30)26-9-8-16(13-26)28-20-17-10-15(24)6-7-18(17)25-11-19(20)27(21(28)29)12-14-4-5-14/h6-7,10-11,14,16H,4-5,8-9,12-13H2,1-3H3/t16-/m0/s1. The van der Waals surface area contributed by atoms with Gasteiger partial charge in [-0.05, 0) is 52.0 Å². The van der Waals surface area contributed by atoms with Crippen LogP contribution < -0.4 is 11.2 Å². The Morgan fingerprint density at radius 1 is 1.26 bits per heavy atom. The maximum atomic E-state index is 13.6. The molecule has 1 aliphatic heterocycles. The second-order valence-electron chi connectivity index (χ2n) is 9.84. The number of amides is 1. The molecule has 8 heteroatoms. The molecule has 2 fully saturated rings. The third-order valence-electron chi connectivity index (χ3n) is 6.13. The highest BCUT2D eigenvalue weighted by Crippen LogP contribution is 2.34. The van der Waals surface area contributed by atoms with Crippen molar-refractivity contribution in [3.05, 3.63) is 34.9 Å². The van der Waals surface area contributed by atoms with Crippen LogP contribution in [0.1, 0.15) is 46.1 Å². The summed E-state index contributed by atoms with van der Waals surface area (Å²) in [4.78, 5) is 32.5. The Balaban J connectivity index is 1.61. The fourth-order valence-electron chi connectivity index (χ4n) is 4.48. The van der Waals surface area contributed by atoms with E-state index >= 15 is 0 Å². The zero-order valence-corrected chi connectivity index (χ0v) is 18.3. The number of ether oxygens (including phenoxy) is 1. The zero-order valence-electron chi connectivity index (χ0n) is 18.3. The van der Waals surface area contributed by atoms with Crippen molar-refractivity contribution in [2.75, 3.05) is 13.1 Å². The molecule has 1 aromatic carbocycles. The smallest absolute Gasteiger partial charge is 0.410 e. The Morgan fingerprint density at radius 2 is 2.03 bits per heavy atom. The van der Waals surface area contributed by atoms with Gasteiger partial charge in [-0.1, -0.05) is 17.6 Å². The van der Waals surface area contributed by atoms with Gasteiger partial charge in [-0.3, -0.25) is 14.1 Å². The maximum Gasteiger partial charge on any atom is 0.410 e. The predicted octanol–water partition coefficient (Wildman–Crippen LogP) is 2.74. The molecule has 160 valence electrons. The van der Waals surface area contributed by atoms with Gasteiger partial charge in [0, 0.05) is 25.0 Å². The Morgan fingerprint density at radius 3 is 2.74 bits per heavy atom. The second-order valence-corrected chi connectivity index (χ2v) is 9.84. The first-order valence-electron chi connectivity index (χ1n) is 11.0. The molecule has 5 rings (SSSR count). The lowest BCUT2D eigenvalue weighted by molar-refractivity contribution is 0.0289. The summed E-state index contributed by atoms with van der Waals surface area (Å²) in [6, 6.07) is 5.49. The van der Waals surface area contributed by atoms with Crippen molar-refractivity contribution < 1.29 is 9.53 Å². The molecule has 7 nitrogen and oxygen atoms in total. The summed E-state index contributed by atoms with van der Waals surface area (Å²) in [5.41, 5.74) is 2.56. The third-order valence-corrected chi connectivity index (χ3v) is 6.13. The van der Waals surface area contributed by atoms with E-state index in [0.29, 0.717) is 37.4 Å². The molecule has 0 N–H and O–H groups in total. The molecule has 2 aromatic heterocycles. The van der Waals surface area contributed by atoms with Crippen LogP contribution in [0.15, 0.2) is 29.2 Å². The molecule has 1 aliphatic carbocycles. The van der Waals surface area contributed by atoms with Crippen LogP contribution in [0.5, 0.6) is 0 Å². The van der Waals surface area contributed by atoms with Gasteiger partial charge in [-0.2, -0.15) is 0 Å². The number of hydrogen-bond donors (Lipinski definition) is 0. The van der Waals surface area contributed by atoms with Crippen molar-refractivity contribution in [2.45, 2.75) is 58.2 Å². The molecular formula is C23H27BN4O3. The number of benzene rings is 1. The van der Waals surface area contributed by atoms with E-state index < -0.39 is 5.60 Å². The molecule has 1 saturated carbocycles. The number of carbonyl (C=O) groups is 1. The number of hydrogen-bond acceptors (Lipinski definition) is 4. The zero-order chi connectivity index (χ0) is 21.9. The second kappa shape index (κ2) is 7.14. The van der Waals surface area contributed by atoms with Crippen molar-refractivity contribution in [1.29, 1.82) is 0 Å². The van der Waals surface area contributed by atoms with Crippen LogP contribution in [0.4, 0.5) is 4.79 Å². The van der Waals surface area contributed by atoms with Gasteiger partial charge in [-0.25, -0.2) is 9.59 Å². The van der Waals surface area contributed by atoms with Crippen LogP contribution in [0.25, 0.3) is 21.9 Å². The predicted molar refractivity (Wildman–Crippen MR) is 121 cm³/mol. The van der Waals surface area contributed by atoms with E-state index in [9.17, 15) is 9.59 Å². The summed E-state index contributed by atoms with van der Waals surface area (Å²) >= 11 is 0. The van der Waals surface area contributed by atoms with E-state index in [1.54, 1.807) is 11.1 Å². The van der Waals surface area contributed by atoms with Gasteiger partial charge in [0.05, 0.1) is 28.8 Å². The molecule has 1 amide bonds. The first-order valence-corrected chi connectivity index (χ1v) is 11.0. The number of rotatable bonds is 3. The fraction of sp³-hybridized carbons (Fsp3) is 0.522. The van der Waals surface area contributed by atoms with Crippen LogP contribution in [-0.2, 0) is 11.3 Å². The Bertz CT molecular complexity index is 1240. The molecule has 31 heavy (non-hydrogen) atoms. The number of imidazole rings is 1. The number of fused-ring (bicyclic) bond motifs is 3. The number of aromatic nitrogens is 3. The normalized spacial score (nSPS) is 19.5. The lowest BCUT2D eigenvalue weighted by Crippen LogP contribution is -2.36. The van der Waals surface area contributed by atoms with Crippen molar-refractivity contribution in [3.63, 3.8) is 0 Å². The third kappa shape index (κ3) is 3.72. The van der Waals surface area contributed by atoms with E-state index in [1.165, 1.54) is 0 Å². The van der Waals surface area contributed by atoms with E-state index in [4.69, 9.17) is 12.6 Å². The lowest BCUT2D eigenvalue weighted by Gasteiger charge is -2.24. The average molecular weight is 418 g/mol. The van der Waals surface area contributed by atoms with Crippen molar-refractivity contribution >= 4 is 41.3 Å². The van der Waals surface area contributed by atoms with Crippen LogP contribution >= 0.6 is 0 Å². The number of nitrogens with zero attached hydrogens (tertiary/aromatic N) is 4. The van der Waals surface area contributed by atoms with Crippen LogP contribution in [0.2, 0.25) is 0 Å². The van der Waals surface area contributed by atoms with Crippen LogP contribution in [-0.4, -0.2) is 51.6 Å². The molecule has 0 unspecified atom stereocenters. The molecule has 3 aromatic rings. The summed E-state index contributed by atoms with van der Waals surface area (Å²) in [7, 11) is 6.08. The van der Waals surface area contributed by atoms with Crippen molar-refractivity contribution in [2.24, 2.45) is 5.92 Å². The van der Waals surface area contributed by atoms with E-state index in [2.05, 4.69) is 4.98 Å². The molecule has 0 bridgehead atoms. The minimum atomic E-state index is -0.550. The Hall–Kier alpha value is -2.77. The van der Waals surface area contributed by atoms with E-state index in [1.807, 2.05) is 48.1 Å². The Kier molecular flexibility index (Phi) is 4.64. The SMILES string of the molecule is [B]c1ccc2ncc3c(c2c1)n([C@H]1CCN(C(=O)OC(C)(C)C)C1)c(=O)n3CC1CC1. The number of carbonyl (C=O) groups excluding carboxylic acids is 1. The average Bonchev–Trinajstić information content (AvgIpc) is 3.30.